The number of benzene rings is 1. The number of carbonyl (C=O) groups is 1. The van der Waals surface area contributed by atoms with Gasteiger partial charge >= 0.3 is 0 Å². The molecule has 1 atom stereocenters. The summed E-state index contributed by atoms with van der Waals surface area (Å²) in [6, 6.07) is 6.12. The van der Waals surface area contributed by atoms with Gasteiger partial charge in [0.25, 0.3) is 0 Å². The summed E-state index contributed by atoms with van der Waals surface area (Å²) in [5.74, 6) is 0.0547. The molecule has 0 bridgehead atoms. The van der Waals surface area contributed by atoms with Crippen LogP contribution in [0.15, 0.2) is 18.2 Å². The van der Waals surface area contributed by atoms with Gasteiger partial charge in [-0.15, -0.1) is 0 Å². The van der Waals surface area contributed by atoms with Gasteiger partial charge in [-0.2, -0.15) is 0 Å². The van der Waals surface area contributed by atoms with Gasteiger partial charge in [0, 0.05) is 17.4 Å². The van der Waals surface area contributed by atoms with Crippen molar-refractivity contribution in [1.82, 2.24) is 4.90 Å². The lowest BCUT2D eigenvalue weighted by Gasteiger charge is -2.28. The maximum atomic E-state index is 12.4. The SMILES string of the molecule is CCCN(C1CC1)C(C)C(=O)Nc1cccc(N)c1C. The maximum absolute atomic E-state index is 12.4. The molecule has 4 nitrogen and oxygen atoms in total. The second-order valence-corrected chi connectivity index (χ2v) is 5.65. The molecular weight excluding hydrogens is 250 g/mol. The van der Waals surface area contributed by atoms with Crippen LogP contribution in [-0.2, 0) is 4.79 Å². The molecule has 1 fully saturated rings. The van der Waals surface area contributed by atoms with Crippen molar-refractivity contribution in [3.63, 3.8) is 0 Å². The van der Waals surface area contributed by atoms with Crippen LogP contribution in [0.2, 0.25) is 0 Å². The summed E-state index contributed by atoms with van der Waals surface area (Å²) in [4.78, 5) is 14.7. The van der Waals surface area contributed by atoms with Crippen LogP contribution in [-0.4, -0.2) is 29.4 Å². The Labute approximate surface area is 121 Å². The highest BCUT2D eigenvalue weighted by Gasteiger charge is 2.34. The van der Waals surface area contributed by atoms with Gasteiger partial charge in [-0.1, -0.05) is 13.0 Å². The van der Waals surface area contributed by atoms with Crippen molar-refractivity contribution in [2.24, 2.45) is 0 Å². The molecule has 20 heavy (non-hydrogen) atoms. The number of anilines is 2. The summed E-state index contributed by atoms with van der Waals surface area (Å²) in [6.45, 7) is 7.06. The van der Waals surface area contributed by atoms with Crippen LogP contribution in [0.1, 0.15) is 38.7 Å². The Morgan fingerprint density at radius 1 is 1.50 bits per heavy atom. The van der Waals surface area contributed by atoms with E-state index in [4.69, 9.17) is 5.73 Å². The van der Waals surface area contributed by atoms with E-state index in [0.717, 1.165) is 24.2 Å². The first-order chi connectivity index (χ1) is 9.54. The third kappa shape index (κ3) is 3.31. The highest BCUT2D eigenvalue weighted by Crippen LogP contribution is 2.29. The minimum atomic E-state index is -0.0942. The van der Waals surface area contributed by atoms with Crippen LogP contribution in [0, 0.1) is 6.92 Å². The van der Waals surface area contributed by atoms with Crippen molar-refractivity contribution in [2.75, 3.05) is 17.6 Å². The van der Waals surface area contributed by atoms with Gasteiger partial charge in [0.1, 0.15) is 0 Å². The topological polar surface area (TPSA) is 58.4 Å². The minimum absolute atomic E-state index is 0.0547. The third-order valence-electron chi connectivity index (χ3n) is 4.01. The summed E-state index contributed by atoms with van der Waals surface area (Å²) in [6.07, 6.45) is 3.51. The molecule has 4 heteroatoms. The summed E-state index contributed by atoms with van der Waals surface area (Å²) in [5.41, 5.74) is 8.33. The predicted octanol–water partition coefficient (Wildman–Crippen LogP) is 2.78. The summed E-state index contributed by atoms with van der Waals surface area (Å²) in [7, 11) is 0. The molecule has 0 saturated heterocycles. The van der Waals surface area contributed by atoms with Gasteiger partial charge in [0.15, 0.2) is 0 Å². The predicted molar refractivity (Wildman–Crippen MR) is 83.7 cm³/mol. The molecule has 0 heterocycles. The molecule has 110 valence electrons. The quantitative estimate of drug-likeness (QED) is 0.785. The zero-order valence-corrected chi connectivity index (χ0v) is 12.6. The zero-order valence-electron chi connectivity index (χ0n) is 12.6. The number of nitrogens with two attached hydrogens (primary N) is 1. The van der Waals surface area contributed by atoms with Crippen LogP contribution in [0.25, 0.3) is 0 Å². The molecule has 1 unspecified atom stereocenters. The smallest absolute Gasteiger partial charge is 0.241 e. The Hall–Kier alpha value is -1.55. The number of nitrogens with one attached hydrogen (secondary N) is 1. The normalized spacial score (nSPS) is 16.2. The lowest BCUT2D eigenvalue weighted by atomic mass is 10.1. The molecular formula is C16H25N3O. The van der Waals surface area contributed by atoms with Gasteiger partial charge in [0.05, 0.1) is 6.04 Å². The van der Waals surface area contributed by atoms with Crippen LogP contribution in [0.4, 0.5) is 11.4 Å². The number of rotatable bonds is 6. The summed E-state index contributed by atoms with van der Waals surface area (Å²) < 4.78 is 0. The fraction of sp³-hybridized carbons (Fsp3) is 0.562. The number of hydrogen-bond donors (Lipinski definition) is 2. The summed E-state index contributed by atoms with van der Waals surface area (Å²) in [5, 5.41) is 3.01. The first-order valence-corrected chi connectivity index (χ1v) is 7.46. The molecule has 1 amide bonds. The van der Waals surface area contributed by atoms with Crippen molar-refractivity contribution in [2.45, 2.75) is 52.1 Å². The average molecular weight is 275 g/mol. The van der Waals surface area contributed by atoms with E-state index in [1.807, 2.05) is 32.0 Å². The zero-order chi connectivity index (χ0) is 14.7. The van der Waals surface area contributed by atoms with Crippen LogP contribution in [0.3, 0.4) is 0 Å². The standard InChI is InChI=1S/C16H25N3O/c1-4-10-19(13-8-9-13)12(3)16(20)18-15-7-5-6-14(17)11(15)2/h5-7,12-13H,4,8-10,17H2,1-3H3,(H,18,20). The molecule has 1 aliphatic rings. The van der Waals surface area contributed by atoms with Crippen molar-refractivity contribution in [3.05, 3.63) is 23.8 Å². The van der Waals surface area contributed by atoms with Crippen molar-refractivity contribution >= 4 is 17.3 Å². The highest BCUT2D eigenvalue weighted by molar-refractivity contribution is 5.95. The second-order valence-electron chi connectivity index (χ2n) is 5.65. The molecule has 3 N–H and O–H groups in total. The Morgan fingerprint density at radius 2 is 2.20 bits per heavy atom. The molecule has 1 aromatic rings. The van der Waals surface area contributed by atoms with E-state index < -0.39 is 0 Å². The molecule has 1 aromatic carbocycles. The largest absolute Gasteiger partial charge is 0.398 e. The Morgan fingerprint density at radius 3 is 2.80 bits per heavy atom. The van der Waals surface area contributed by atoms with E-state index in [1.165, 1.54) is 12.8 Å². The van der Waals surface area contributed by atoms with Gasteiger partial charge in [0.2, 0.25) is 5.91 Å². The van der Waals surface area contributed by atoms with E-state index in [9.17, 15) is 4.79 Å². The lowest BCUT2D eigenvalue weighted by Crippen LogP contribution is -2.43. The van der Waals surface area contributed by atoms with Crippen molar-refractivity contribution in [1.29, 1.82) is 0 Å². The fourth-order valence-corrected chi connectivity index (χ4v) is 2.53. The van der Waals surface area contributed by atoms with Crippen molar-refractivity contribution < 1.29 is 4.79 Å². The molecule has 1 saturated carbocycles. The molecule has 0 radical (unpaired) electrons. The van der Waals surface area contributed by atoms with Crippen molar-refractivity contribution in [3.8, 4) is 0 Å². The Bertz CT molecular complexity index is 483. The summed E-state index contributed by atoms with van der Waals surface area (Å²) >= 11 is 0. The first-order valence-electron chi connectivity index (χ1n) is 7.46. The third-order valence-corrected chi connectivity index (χ3v) is 4.01. The van der Waals surface area contributed by atoms with Gasteiger partial charge in [-0.25, -0.2) is 0 Å². The number of nitrogens with zero attached hydrogens (tertiary/aromatic N) is 1. The highest BCUT2D eigenvalue weighted by atomic mass is 16.2. The van der Waals surface area contributed by atoms with Crippen LogP contribution in [0.5, 0.6) is 0 Å². The van der Waals surface area contributed by atoms with Crippen LogP contribution < -0.4 is 11.1 Å². The minimum Gasteiger partial charge on any atom is -0.398 e. The lowest BCUT2D eigenvalue weighted by molar-refractivity contribution is -0.121. The number of hydrogen-bond acceptors (Lipinski definition) is 3. The van der Waals surface area contributed by atoms with E-state index in [2.05, 4.69) is 17.1 Å². The molecule has 1 aliphatic carbocycles. The van der Waals surface area contributed by atoms with E-state index in [-0.39, 0.29) is 11.9 Å². The van der Waals surface area contributed by atoms with E-state index in [0.29, 0.717) is 11.7 Å². The fourth-order valence-electron chi connectivity index (χ4n) is 2.53. The molecule has 0 aromatic heterocycles. The Balaban J connectivity index is 2.04. The van der Waals surface area contributed by atoms with E-state index >= 15 is 0 Å². The first kappa shape index (κ1) is 14.9. The number of nitrogen functional groups attached to an aromatic ring is 1. The van der Waals surface area contributed by atoms with E-state index in [1.54, 1.807) is 0 Å². The van der Waals surface area contributed by atoms with Gasteiger partial charge in [-0.05, 0) is 57.4 Å². The maximum Gasteiger partial charge on any atom is 0.241 e. The number of carbonyl (C=O) groups excluding carboxylic acids is 1. The molecule has 0 spiro atoms. The Kier molecular flexibility index (Phi) is 4.65. The molecule has 0 aliphatic heterocycles. The van der Waals surface area contributed by atoms with Gasteiger partial charge in [-0.3, -0.25) is 9.69 Å². The number of amides is 1. The molecule has 2 rings (SSSR count). The van der Waals surface area contributed by atoms with Gasteiger partial charge < -0.3 is 11.1 Å². The average Bonchev–Trinajstić information content (AvgIpc) is 3.25. The monoisotopic (exact) mass is 275 g/mol. The second kappa shape index (κ2) is 6.27. The van der Waals surface area contributed by atoms with Crippen LogP contribution >= 0.6 is 0 Å².